The lowest BCUT2D eigenvalue weighted by Crippen LogP contribution is -2.39. The fourth-order valence-electron chi connectivity index (χ4n) is 3.13. The van der Waals surface area contributed by atoms with E-state index >= 15 is 0 Å². The second kappa shape index (κ2) is 13.3. The minimum atomic E-state index is 0. The van der Waals surface area contributed by atoms with E-state index < -0.39 is 0 Å². The Kier molecular flexibility index (Phi) is 11.1. The smallest absolute Gasteiger partial charge is 0.191 e. The maximum Gasteiger partial charge on any atom is 0.191 e. The normalized spacial score (nSPS) is 19.0. The van der Waals surface area contributed by atoms with Gasteiger partial charge in [-0.25, -0.2) is 4.99 Å². The summed E-state index contributed by atoms with van der Waals surface area (Å²) in [4.78, 5) is 4.73. The molecule has 0 bridgehead atoms. The van der Waals surface area contributed by atoms with Crippen LogP contribution in [0.4, 0.5) is 0 Å². The van der Waals surface area contributed by atoms with E-state index in [1.165, 1.54) is 18.4 Å². The van der Waals surface area contributed by atoms with Crippen LogP contribution in [0.3, 0.4) is 0 Å². The first-order valence-corrected chi connectivity index (χ1v) is 10.6. The van der Waals surface area contributed by atoms with E-state index in [1.54, 1.807) is 0 Å². The first kappa shape index (κ1) is 24.2. The molecule has 2 fully saturated rings. The van der Waals surface area contributed by atoms with Crippen LogP contribution < -0.4 is 15.4 Å². The zero-order valence-corrected chi connectivity index (χ0v) is 20.1. The van der Waals surface area contributed by atoms with Crippen LogP contribution in [0.2, 0.25) is 0 Å². The Morgan fingerprint density at radius 2 is 2.03 bits per heavy atom. The second-order valence-electron chi connectivity index (χ2n) is 7.79. The molecule has 0 spiro atoms. The fourth-order valence-corrected chi connectivity index (χ4v) is 3.13. The van der Waals surface area contributed by atoms with E-state index in [0.717, 1.165) is 62.5 Å². The second-order valence-corrected chi connectivity index (χ2v) is 7.79. The number of halogens is 1. The van der Waals surface area contributed by atoms with Gasteiger partial charge in [0, 0.05) is 37.8 Å². The largest absolute Gasteiger partial charge is 0.493 e. The molecule has 2 aliphatic rings. The summed E-state index contributed by atoms with van der Waals surface area (Å²) in [6.45, 7) is 10.3. The Balaban J connectivity index is 0.00000300. The average molecular weight is 517 g/mol. The third kappa shape index (κ3) is 9.09. The van der Waals surface area contributed by atoms with E-state index in [0.29, 0.717) is 25.7 Å². The molecule has 0 amide bonds. The molecular weight excluding hydrogens is 481 g/mol. The first-order chi connectivity index (χ1) is 13.7. The molecule has 1 heterocycles. The lowest BCUT2D eigenvalue weighted by molar-refractivity contribution is 0.129. The highest BCUT2D eigenvalue weighted by Gasteiger charge is 2.21. The van der Waals surface area contributed by atoms with E-state index in [-0.39, 0.29) is 24.0 Å². The number of benzene rings is 1. The predicted molar refractivity (Wildman–Crippen MR) is 127 cm³/mol. The van der Waals surface area contributed by atoms with E-state index in [1.807, 2.05) is 0 Å². The Morgan fingerprint density at radius 3 is 2.76 bits per heavy atom. The summed E-state index contributed by atoms with van der Waals surface area (Å²) in [5, 5.41) is 6.65. The molecule has 1 atom stereocenters. The Labute approximate surface area is 192 Å². The molecule has 1 aliphatic heterocycles. The maximum atomic E-state index is 6.13. The summed E-state index contributed by atoms with van der Waals surface area (Å²) in [7, 11) is 0. The highest BCUT2D eigenvalue weighted by molar-refractivity contribution is 14.0. The molecule has 1 unspecified atom stereocenters. The highest BCUT2D eigenvalue weighted by atomic mass is 127. The van der Waals surface area contributed by atoms with Gasteiger partial charge in [-0.3, -0.25) is 0 Å². The van der Waals surface area contributed by atoms with Gasteiger partial charge in [0.2, 0.25) is 0 Å². The summed E-state index contributed by atoms with van der Waals surface area (Å²) in [5.41, 5.74) is 2.30. The van der Waals surface area contributed by atoms with E-state index in [2.05, 4.69) is 42.7 Å². The summed E-state index contributed by atoms with van der Waals surface area (Å²) in [6, 6.07) is 6.33. The standard InChI is InChI=1S/C22H35N3O3.HI/c1-3-23-22(24-9-11-27-14-18-5-6-18)25-13-20-7-4-17(2)12-21(20)28-16-19-8-10-26-15-19;/h4,7,12,18-19H,3,5-6,8-11,13-16H2,1-2H3,(H2,23,24,25);1H. The summed E-state index contributed by atoms with van der Waals surface area (Å²) in [5.74, 6) is 3.04. The van der Waals surface area contributed by atoms with Gasteiger partial charge in [-0.2, -0.15) is 0 Å². The SMILES string of the molecule is CCNC(=NCc1ccc(C)cc1OCC1CCOC1)NCCOCC1CC1.I. The predicted octanol–water partition coefficient (Wildman–Crippen LogP) is 3.51. The monoisotopic (exact) mass is 517 g/mol. The average Bonchev–Trinajstić information content (AvgIpc) is 3.37. The van der Waals surface area contributed by atoms with Crippen LogP contribution in [-0.4, -0.2) is 52.1 Å². The first-order valence-electron chi connectivity index (χ1n) is 10.6. The Bertz CT molecular complexity index is 632. The summed E-state index contributed by atoms with van der Waals surface area (Å²) < 4.78 is 17.3. The number of nitrogens with zero attached hydrogens (tertiary/aromatic N) is 1. The molecule has 1 aliphatic carbocycles. The van der Waals surface area contributed by atoms with Crippen molar-refractivity contribution >= 4 is 29.9 Å². The van der Waals surface area contributed by atoms with Crippen molar-refractivity contribution in [1.29, 1.82) is 0 Å². The van der Waals surface area contributed by atoms with Crippen molar-refractivity contribution in [3.8, 4) is 5.75 Å². The number of rotatable bonds is 11. The van der Waals surface area contributed by atoms with Gasteiger partial charge in [-0.15, -0.1) is 24.0 Å². The molecule has 3 rings (SSSR count). The number of hydrogen-bond donors (Lipinski definition) is 2. The van der Waals surface area contributed by atoms with Crippen LogP contribution in [-0.2, 0) is 16.0 Å². The van der Waals surface area contributed by atoms with Crippen LogP contribution in [0.5, 0.6) is 5.75 Å². The fraction of sp³-hybridized carbons (Fsp3) is 0.682. The van der Waals surface area contributed by atoms with Gasteiger partial charge in [-0.05, 0) is 50.7 Å². The highest BCUT2D eigenvalue weighted by Crippen LogP contribution is 2.28. The summed E-state index contributed by atoms with van der Waals surface area (Å²) >= 11 is 0. The minimum absolute atomic E-state index is 0. The molecule has 0 aromatic heterocycles. The van der Waals surface area contributed by atoms with Crippen LogP contribution in [0.1, 0.15) is 37.3 Å². The lowest BCUT2D eigenvalue weighted by atomic mass is 10.1. The minimum Gasteiger partial charge on any atom is -0.493 e. The van der Waals surface area contributed by atoms with Gasteiger partial charge in [0.05, 0.1) is 26.4 Å². The van der Waals surface area contributed by atoms with E-state index in [4.69, 9.17) is 19.2 Å². The maximum absolute atomic E-state index is 6.13. The van der Waals surface area contributed by atoms with Crippen molar-refractivity contribution in [3.63, 3.8) is 0 Å². The van der Waals surface area contributed by atoms with Crippen LogP contribution in [0.25, 0.3) is 0 Å². The van der Waals surface area contributed by atoms with Crippen molar-refractivity contribution < 1.29 is 14.2 Å². The van der Waals surface area contributed by atoms with Gasteiger partial charge in [0.1, 0.15) is 5.75 Å². The van der Waals surface area contributed by atoms with Crippen molar-refractivity contribution in [2.75, 3.05) is 46.1 Å². The van der Waals surface area contributed by atoms with E-state index in [9.17, 15) is 0 Å². The quantitative estimate of drug-likeness (QED) is 0.204. The van der Waals surface area contributed by atoms with Crippen LogP contribution >= 0.6 is 24.0 Å². The van der Waals surface area contributed by atoms with Crippen molar-refractivity contribution in [2.24, 2.45) is 16.8 Å². The molecule has 29 heavy (non-hydrogen) atoms. The van der Waals surface area contributed by atoms with Crippen LogP contribution in [0, 0.1) is 18.8 Å². The number of guanidine groups is 1. The molecule has 2 N–H and O–H groups in total. The number of hydrogen-bond acceptors (Lipinski definition) is 4. The Morgan fingerprint density at radius 1 is 1.17 bits per heavy atom. The topological polar surface area (TPSA) is 64.1 Å². The number of ether oxygens (including phenoxy) is 3. The van der Waals surface area contributed by atoms with Gasteiger partial charge in [0.25, 0.3) is 0 Å². The molecule has 1 saturated carbocycles. The molecule has 1 aromatic rings. The summed E-state index contributed by atoms with van der Waals surface area (Å²) in [6.07, 6.45) is 3.73. The third-order valence-corrected chi connectivity index (χ3v) is 5.06. The zero-order chi connectivity index (χ0) is 19.6. The van der Waals surface area contributed by atoms with Crippen molar-refractivity contribution in [1.82, 2.24) is 10.6 Å². The molecule has 0 radical (unpaired) electrons. The van der Waals surface area contributed by atoms with Crippen molar-refractivity contribution in [3.05, 3.63) is 29.3 Å². The van der Waals surface area contributed by atoms with Gasteiger partial charge < -0.3 is 24.8 Å². The molecule has 1 aromatic carbocycles. The molecule has 1 saturated heterocycles. The van der Waals surface area contributed by atoms with Crippen molar-refractivity contribution in [2.45, 2.75) is 39.7 Å². The molecular formula is C22H36IN3O3. The third-order valence-electron chi connectivity index (χ3n) is 5.06. The van der Waals surface area contributed by atoms with Crippen LogP contribution in [0.15, 0.2) is 23.2 Å². The van der Waals surface area contributed by atoms with Gasteiger partial charge in [0.15, 0.2) is 5.96 Å². The molecule has 6 nitrogen and oxygen atoms in total. The molecule has 164 valence electrons. The number of aryl methyl sites for hydroxylation is 1. The lowest BCUT2D eigenvalue weighted by Gasteiger charge is -2.15. The zero-order valence-electron chi connectivity index (χ0n) is 17.7. The number of nitrogens with one attached hydrogen (secondary N) is 2. The van der Waals surface area contributed by atoms with Gasteiger partial charge >= 0.3 is 0 Å². The number of aliphatic imine (C=N–C) groups is 1. The molecule has 7 heteroatoms. The Hall–Kier alpha value is -1.06. The van der Waals surface area contributed by atoms with Gasteiger partial charge in [-0.1, -0.05) is 12.1 Å².